The quantitative estimate of drug-likeness (QED) is 0.480. The van der Waals surface area contributed by atoms with Crippen LogP contribution in [0.1, 0.15) is 76.7 Å². The van der Waals surface area contributed by atoms with Gasteiger partial charge >= 0.3 is 0 Å². The SMILES string of the molecule is CCCCCC(CCCCC)c1ccnc2ccccc12. The molecule has 0 atom stereocenters. The van der Waals surface area contributed by atoms with Crippen molar-refractivity contribution in [2.24, 2.45) is 0 Å². The van der Waals surface area contributed by atoms with Crippen LogP contribution in [0.15, 0.2) is 36.5 Å². The number of pyridine rings is 1. The van der Waals surface area contributed by atoms with Gasteiger partial charge in [-0.15, -0.1) is 0 Å². The lowest BCUT2D eigenvalue weighted by Gasteiger charge is -2.19. The monoisotopic (exact) mass is 283 g/mol. The van der Waals surface area contributed by atoms with E-state index >= 15 is 0 Å². The molecule has 0 aliphatic rings. The molecule has 0 bridgehead atoms. The van der Waals surface area contributed by atoms with E-state index in [9.17, 15) is 0 Å². The summed E-state index contributed by atoms with van der Waals surface area (Å²) in [6, 6.07) is 10.9. The molecule has 0 aliphatic carbocycles. The van der Waals surface area contributed by atoms with Crippen LogP contribution in [0, 0.1) is 0 Å². The lowest BCUT2D eigenvalue weighted by Crippen LogP contribution is -2.01. The highest BCUT2D eigenvalue weighted by molar-refractivity contribution is 5.82. The Morgan fingerprint density at radius 3 is 2.19 bits per heavy atom. The number of hydrogen-bond donors (Lipinski definition) is 0. The first kappa shape index (κ1) is 16.0. The maximum Gasteiger partial charge on any atom is 0.0704 e. The second-order valence-corrected chi connectivity index (χ2v) is 6.11. The molecule has 21 heavy (non-hydrogen) atoms. The van der Waals surface area contributed by atoms with Gasteiger partial charge in [-0.3, -0.25) is 4.98 Å². The van der Waals surface area contributed by atoms with E-state index in [1.54, 1.807) is 0 Å². The average Bonchev–Trinajstić information content (AvgIpc) is 2.53. The van der Waals surface area contributed by atoms with Gasteiger partial charge in [0.15, 0.2) is 0 Å². The summed E-state index contributed by atoms with van der Waals surface area (Å²) in [6.07, 6.45) is 12.7. The van der Waals surface area contributed by atoms with Crippen LogP contribution < -0.4 is 0 Å². The number of unbranched alkanes of at least 4 members (excludes halogenated alkanes) is 4. The van der Waals surface area contributed by atoms with Crippen LogP contribution in [0.4, 0.5) is 0 Å². The van der Waals surface area contributed by atoms with Crippen molar-refractivity contribution in [3.05, 3.63) is 42.1 Å². The second-order valence-electron chi connectivity index (χ2n) is 6.11. The van der Waals surface area contributed by atoms with E-state index in [4.69, 9.17) is 0 Å². The summed E-state index contributed by atoms with van der Waals surface area (Å²) in [4.78, 5) is 4.52. The highest BCUT2D eigenvalue weighted by Crippen LogP contribution is 2.32. The molecule has 0 N–H and O–H groups in total. The Morgan fingerprint density at radius 2 is 1.52 bits per heavy atom. The van der Waals surface area contributed by atoms with E-state index in [0.717, 1.165) is 5.52 Å². The molecular formula is C20H29N. The molecule has 0 saturated heterocycles. The Morgan fingerprint density at radius 1 is 0.857 bits per heavy atom. The van der Waals surface area contributed by atoms with Crippen molar-refractivity contribution in [3.8, 4) is 0 Å². The van der Waals surface area contributed by atoms with Gasteiger partial charge in [0.2, 0.25) is 0 Å². The standard InChI is InChI=1S/C20H29N/c1-3-5-7-11-17(12-8-6-4-2)18-15-16-21-20-14-10-9-13-19(18)20/h9-10,13-17H,3-8,11-12H2,1-2H3. The largest absolute Gasteiger partial charge is 0.256 e. The van der Waals surface area contributed by atoms with Gasteiger partial charge in [0.1, 0.15) is 0 Å². The van der Waals surface area contributed by atoms with Crippen LogP contribution in [0.5, 0.6) is 0 Å². The molecule has 1 nitrogen and oxygen atoms in total. The first-order valence-electron chi connectivity index (χ1n) is 8.70. The highest BCUT2D eigenvalue weighted by Gasteiger charge is 2.14. The normalized spacial score (nSPS) is 11.4. The first-order chi connectivity index (χ1) is 10.4. The minimum absolute atomic E-state index is 0.705. The predicted molar refractivity (Wildman–Crippen MR) is 92.8 cm³/mol. The van der Waals surface area contributed by atoms with Crippen LogP contribution in [0.3, 0.4) is 0 Å². The lowest BCUT2D eigenvalue weighted by atomic mass is 9.87. The zero-order valence-corrected chi connectivity index (χ0v) is 13.6. The number of rotatable bonds is 9. The summed E-state index contributed by atoms with van der Waals surface area (Å²) >= 11 is 0. The van der Waals surface area contributed by atoms with Gasteiger partial charge in [-0.25, -0.2) is 0 Å². The number of hydrogen-bond acceptors (Lipinski definition) is 1. The summed E-state index contributed by atoms with van der Waals surface area (Å²) in [5, 5.41) is 1.36. The molecule has 1 aromatic carbocycles. The van der Waals surface area contributed by atoms with E-state index in [1.807, 2.05) is 6.20 Å². The number of nitrogens with zero attached hydrogens (tertiary/aromatic N) is 1. The molecule has 1 heterocycles. The molecule has 2 rings (SSSR count). The molecule has 114 valence electrons. The third-order valence-electron chi connectivity index (χ3n) is 4.43. The maximum absolute atomic E-state index is 4.52. The summed E-state index contributed by atoms with van der Waals surface area (Å²) in [7, 11) is 0. The number of fused-ring (bicyclic) bond motifs is 1. The van der Waals surface area contributed by atoms with Crippen molar-refractivity contribution < 1.29 is 0 Å². The average molecular weight is 283 g/mol. The van der Waals surface area contributed by atoms with Gasteiger partial charge < -0.3 is 0 Å². The molecule has 0 aliphatic heterocycles. The second kappa shape index (κ2) is 8.81. The van der Waals surface area contributed by atoms with Gasteiger partial charge in [0.05, 0.1) is 5.52 Å². The topological polar surface area (TPSA) is 12.9 Å². The third-order valence-corrected chi connectivity index (χ3v) is 4.43. The van der Waals surface area contributed by atoms with Gasteiger partial charge in [0.25, 0.3) is 0 Å². The molecule has 0 fully saturated rings. The molecular weight excluding hydrogens is 254 g/mol. The van der Waals surface area contributed by atoms with Crippen molar-refractivity contribution >= 4 is 10.9 Å². The fraction of sp³-hybridized carbons (Fsp3) is 0.550. The molecule has 0 amide bonds. The molecule has 1 aromatic heterocycles. The lowest BCUT2D eigenvalue weighted by molar-refractivity contribution is 0.509. The van der Waals surface area contributed by atoms with E-state index in [-0.39, 0.29) is 0 Å². The molecule has 2 aromatic rings. The van der Waals surface area contributed by atoms with E-state index in [0.29, 0.717) is 5.92 Å². The van der Waals surface area contributed by atoms with Gasteiger partial charge in [-0.05, 0) is 36.5 Å². The van der Waals surface area contributed by atoms with Crippen molar-refractivity contribution in [2.75, 3.05) is 0 Å². The zero-order chi connectivity index (χ0) is 14.9. The van der Waals surface area contributed by atoms with Crippen LogP contribution in [-0.2, 0) is 0 Å². The molecule has 0 spiro atoms. The Kier molecular flexibility index (Phi) is 6.72. The van der Waals surface area contributed by atoms with Crippen LogP contribution in [0.2, 0.25) is 0 Å². The Balaban J connectivity index is 2.19. The predicted octanol–water partition coefficient (Wildman–Crippen LogP) is 6.48. The first-order valence-corrected chi connectivity index (χ1v) is 8.70. The minimum Gasteiger partial charge on any atom is -0.256 e. The Bertz CT molecular complexity index is 517. The fourth-order valence-corrected chi connectivity index (χ4v) is 3.21. The van der Waals surface area contributed by atoms with Gasteiger partial charge in [-0.2, -0.15) is 0 Å². The maximum atomic E-state index is 4.52. The van der Waals surface area contributed by atoms with Crippen molar-refractivity contribution in [2.45, 2.75) is 71.1 Å². The molecule has 1 heteroatoms. The zero-order valence-electron chi connectivity index (χ0n) is 13.6. The summed E-state index contributed by atoms with van der Waals surface area (Å²) in [6.45, 7) is 4.57. The van der Waals surface area contributed by atoms with Crippen molar-refractivity contribution in [1.29, 1.82) is 0 Å². The van der Waals surface area contributed by atoms with E-state index < -0.39 is 0 Å². The third kappa shape index (κ3) is 4.56. The summed E-state index contributed by atoms with van der Waals surface area (Å²) in [5.41, 5.74) is 2.67. The Hall–Kier alpha value is -1.37. The minimum atomic E-state index is 0.705. The van der Waals surface area contributed by atoms with E-state index in [2.05, 4.69) is 49.2 Å². The number of para-hydroxylation sites is 1. The fourth-order valence-electron chi connectivity index (χ4n) is 3.21. The summed E-state index contributed by atoms with van der Waals surface area (Å²) in [5.74, 6) is 0.705. The molecule has 0 radical (unpaired) electrons. The smallest absolute Gasteiger partial charge is 0.0704 e. The van der Waals surface area contributed by atoms with Crippen LogP contribution in [-0.4, -0.2) is 4.98 Å². The van der Waals surface area contributed by atoms with Gasteiger partial charge in [0, 0.05) is 11.6 Å². The van der Waals surface area contributed by atoms with Crippen molar-refractivity contribution in [1.82, 2.24) is 4.98 Å². The Labute approximate surface area is 129 Å². The van der Waals surface area contributed by atoms with Crippen LogP contribution in [0.25, 0.3) is 10.9 Å². The molecule has 0 saturated carbocycles. The number of benzene rings is 1. The van der Waals surface area contributed by atoms with Gasteiger partial charge in [-0.1, -0.05) is 70.6 Å². The van der Waals surface area contributed by atoms with Crippen molar-refractivity contribution in [3.63, 3.8) is 0 Å². The summed E-state index contributed by atoms with van der Waals surface area (Å²) < 4.78 is 0. The molecule has 0 unspecified atom stereocenters. The van der Waals surface area contributed by atoms with E-state index in [1.165, 1.54) is 62.3 Å². The van der Waals surface area contributed by atoms with Crippen LogP contribution >= 0.6 is 0 Å². The highest BCUT2D eigenvalue weighted by atomic mass is 14.6. The number of aromatic nitrogens is 1.